The molecule has 0 radical (unpaired) electrons. The molecule has 0 aromatic heterocycles. The summed E-state index contributed by atoms with van der Waals surface area (Å²) in [5.74, 6) is -0.745. The Kier molecular flexibility index (Phi) is 5.46. The van der Waals surface area contributed by atoms with E-state index < -0.39 is 5.97 Å². The van der Waals surface area contributed by atoms with Crippen molar-refractivity contribution in [3.8, 4) is 0 Å². The highest BCUT2D eigenvalue weighted by Crippen LogP contribution is 2.25. The van der Waals surface area contributed by atoms with E-state index in [0.717, 1.165) is 30.6 Å². The van der Waals surface area contributed by atoms with Crippen LogP contribution in [0.4, 0.5) is 0 Å². The SMILES string of the molecule is O=C(O)c1ccc(CNC(=O)c2cccc(C3CCCOC3)c2)cc1. The van der Waals surface area contributed by atoms with Crippen LogP contribution < -0.4 is 5.32 Å². The van der Waals surface area contributed by atoms with E-state index in [9.17, 15) is 9.59 Å². The van der Waals surface area contributed by atoms with Crippen molar-refractivity contribution in [2.75, 3.05) is 13.2 Å². The molecule has 1 aliphatic rings. The number of nitrogens with one attached hydrogen (secondary N) is 1. The van der Waals surface area contributed by atoms with Crippen molar-refractivity contribution in [1.82, 2.24) is 5.32 Å². The summed E-state index contributed by atoms with van der Waals surface area (Å²) in [6.07, 6.45) is 2.13. The first-order chi connectivity index (χ1) is 12.1. The molecule has 0 bridgehead atoms. The number of carbonyl (C=O) groups excluding carboxylic acids is 1. The van der Waals surface area contributed by atoms with Gasteiger partial charge in [-0.15, -0.1) is 0 Å². The summed E-state index contributed by atoms with van der Waals surface area (Å²) in [4.78, 5) is 23.2. The normalized spacial score (nSPS) is 17.0. The maximum Gasteiger partial charge on any atom is 0.335 e. The molecule has 2 aromatic rings. The Balaban J connectivity index is 1.62. The lowest BCUT2D eigenvalue weighted by Gasteiger charge is -2.22. The van der Waals surface area contributed by atoms with Crippen LogP contribution in [0.2, 0.25) is 0 Å². The van der Waals surface area contributed by atoms with Gasteiger partial charge in [-0.3, -0.25) is 4.79 Å². The lowest BCUT2D eigenvalue weighted by Crippen LogP contribution is -2.23. The van der Waals surface area contributed by atoms with Crippen molar-refractivity contribution < 1.29 is 19.4 Å². The summed E-state index contributed by atoms with van der Waals surface area (Å²) >= 11 is 0. The first-order valence-electron chi connectivity index (χ1n) is 8.41. The van der Waals surface area contributed by atoms with Gasteiger partial charge in [0.25, 0.3) is 5.91 Å². The molecule has 1 heterocycles. The topological polar surface area (TPSA) is 75.6 Å². The molecule has 0 saturated carbocycles. The molecular formula is C20H21NO4. The predicted molar refractivity (Wildman–Crippen MR) is 93.8 cm³/mol. The third kappa shape index (κ3) is 4.45. The molecule has 2 aromatic carbocycles. The van der Waals surface area contributed by atoms with Gasteiger partial charge in [-0.2, -0.15) is 0 Å². The largest absolute Gasteiger partial charge is 0.478 e. The molecule has 5 nitrogen and oxygen atoms in total. The maximum absolute atomic E-state index is 12.4. The zero-order valence-corrected chi connectivity index (χ0v) is 13.9. The number of rotatable bonds is 5. The first kappa shape index (κ1) is 17.2. The number of benzene rings is 2. The highest BCUT2D eigenvalue weighted by molar-refractivity contribution is 5.94. The molecule has 25 heavy (non-hydrogen) atoms. The van der Waals surface area contributed by atoms with E-state index in [1.54, 1.807) is 18.2 Å². The van der Waals surface area contributed by atoms with Gasteiger partial charge in [-0.25, -0.2) is 4.79 Å². The minimum atomic E-state index is -0.959. The van der Waals surface area contributed by atoms with Crippen LogP contribution >= 0.6 is 0 Å². The fourth-order valence-corrected chi connectivity index (χ4v) is 2.99. The third-order valence-electron chi connectivity index (χ3n) is 4.43. The van der Waals surface area contributed by atoms with Gasteiger partial charge in [0, 0.05) is 24.6 Å². The zero-order valence-electron chi connectivity index (χ0n) is 13.9. The average Bonchev–Trinajstić information content (AvgIpc) is 2.67. The molecular weight excluding hydrogens is 318 g/mol. The second kappa shape index (κ2) is 7.94. The molecule has 2 N–H and O–H groups in total. The smallest absolute Gasteiger partial charge is 0.335 e. The van der Waals surface area contributed by atoms with Crippen LogP contribution in [0.25, 0.3) is 0 Å². The second-order valence-electron chi connectivity index (χ2n) is 6.22. The minimum absolute atomic E-state index is 0.138. The van der Waals surface area contributed by atoms with Gasteiger partial charge in [0.2, 0.25) is 0 Å². The number of carboxylic acids is 1. The van der Waals surface area contributed by atoms with E-state index in [4.69, 9.17) is 9.84 Å². The van der Waals surface area contributed by atoms with Crippen molar-refractivity contribution >= 4 is 11.9 Å². The Morgan fingerprint density at radius 1 is 1.12 bits per heavy atom. The molecule has 1 amide bonds. The summed E-state index contributed by atoms with van der Waals surface area (Å²) in [5, 5.41) is 11.8. The van der Waals surface area contributed by atoms with E-state index in [0.29, 0.717) is 24.6 Å². The van der Waals surface area contributed by atoms with E-state index >= 15 is 0 Å². The molecule has 1 fully saturated rings. The number of ether oxygens (including phenoxy) is 1. The van der Waals surface area contributed by atoms with Crippen LogP contribution in [0.15, 0.2) is 48.5 Å². The fourth-order valence-electron chi connectivity index (χ4n) is 2.99. The number of hydrogen-bond donors (Lipinski definition) is 2. The third-order valence-corrected chi connectivity index (χ3v) is 4.43. The highest BCUT2D eigenvalue weighted by Gasteiger charge is 2.17. The lowest BCUT2D eigenvalue weighted by molar-refractivity contribution is 0.0696. The summed E-state index contributed by atoms with van der Waals surface area (Å²) in [6.45, 7) is 1.88. The molecule has 3 rings (SSSR count). The average molecular weight is 339 g/mol. The van der Waals surface area contributed by atoms with Crippen molar-refractivity contribution in [3.63, 3.8) is 0 Å². The van der Waals surface area contributed by atoms with Gasteiger partial charge in [0.05, 0.1) is 12.2 Å². The predicted octanol–water partition coefficient (Wildman–Crippen LogP) is 3.21. The Morgan fingerprint density at radius 2 is 1.92 bits per heavy atom. The van der Waals surface area contributed by atoms with Gasteiger partial charge in [-0.1, -0.05) is 24.3 Å². The van der Waals surface area contributed by atoms with Crippen molar-refractivity contribution in [2.24, 2.45) is 0 Å². The highest BCUT2D eigenvalue weighted by atomic mass is 16.5. The Hall–Kier alpha value is -2.66. The number of amides is 1. The van der Waals surface area contributed by atoms with E-state index in [1.807, 2.05) is 18.2 Å². The van der Waals surface area contributed by atoms with Crippen LogP contribution in [0.1, 0.15) is 50.6 Å². The standard InChI is InChI=1S/C20H21NO4/c22-19(21-12-14-6-8-15(9-7-14)20(23)24)17-4-1-3-16(11-17)18-5-2-10-25-13-18/h1,3-4,6-9,11,18H,2,5,10,12-13H2,(H,21,22)(H,23,24). The van der Waals surface area contributed by atoms with Crippen LogP contribution in [0.3, 0.4) is 0 Å². The number of aromatic carboxylic acids is 1. The van der Waals surface area contributed by atoms with Crippen LogP contribution in [0, 0.1) is 0 Å². The van der Waals surface area contributed by atoms with Gasteiger partial charge >= 0.3 is 5.97 Å². The van der Waals surface area contributed by atoms with Crippen molar-refractivity contribution in [2.45, 2.75) is 25.3 Å². The molecule has 1 saturated heterocycles. The molecule has 0 aliphatic carbocycles. The number of carbonyl (C=O) groups is 2. The van der Waals surface area contributed by atoms with Gasteiger partial charge < -0.3 is 15.2 Å². The Labute approximate surface area is 146 Å². The van der Waals surface area contributed by atoms with Crippen molar-refractivity contribution in [3.05, 3.63) is 70.8 Å². The molecule has 5 heteroatoms. The molecule has 0 spiro atoms. The second-order valence-corrected chi connectivity index (χ2v) is 6.22. The summed E-state index contributed by atoms with van der Waals surface area (Å²) < 4.78 is 5.53. The fraction of sp³-hybridized carbons (Fsp3) is 0.300. The van der Waals surface area contributed by atoms with Gasteiger partial charge in [0.15, 0.2) is 0 Å². The Bertz CT molecular complexity index is 749. The summed E-state index contributed by atoms with van der Waals surface area (Å²) in [5.41, 5.74) is 2.86. The molecule has 1 aliphatic heterocycles. The maximum atomic E-state index is 12.4. The number of hydrogen-bond acceptors (Lipinski definition) is 3. The molecule has 1 unspecified atom stereocenters. The van der Waals surface area contributed by atoms with Crippen LogP contribution in [-0.4, -0.2) is 30.2 Å². The van der Waals surface area contributed by atoms with Crippen LogP contribution in [0.5, 0.6) is 0 Å². The summed E-state index contributed by atoms with van der Waals surface area (Å²) in [7, 11) is 0. The molecule has 1 atom stereocenters. The van der Waals surface area contributed by atoms with Crippen molar-refractivity contribution in [1.29, 1.82) is 0 Å². The summed E-state index contributed by atoms with van der Waals surface area (Å²) in [6, 6.07) is 14.2. The van der Waals surface area contributed by atoms with Gasteiger partial charge in [-0.05, 0) is 48.2 Å². The van der Waals surface area contributed by atoms with Gasteiger partial charge in [0.1, 0.15) is 0 Å². The quantitative estimate of drug-likeness (QED) is 0.877. The number of carboxylic acid groups (broad SMARTS) is 1. The van der Waals surface area contributed by atoms with E-state index in [1.165, 1.54) is 12.1 Å². The van der Waals surface area contributed by atoms with Crippen LogP contribution in [-0.2, 0) is 11.3 Å². The van der Waals surface area contributed by atoms with E-state index in [2.05, 4.69) is 5.32 Å². The zero-order chi connectivity index (χ0) is 17.6. The lowest BCUT2D eigenvalue weighted by atomic mass is 9.92. The molecule has 130 valence electrons. The minimum Gasteiger partial charge on any atom is -0.478 e. The van der Waals surface area contributed by atoms with E-state index in [-0.39, 0.29) is 11.5 Å². The monoisotopic (exact) mass is 339 g/mol. The Morgan fingerprint density at radius 3 is 2.60 bits per heavy atom. The first-order valence-corrected chi connectivity index (χ1v) is 8.41.